The summed E-state index contributed by atoms with van der Waals surface area (Å²) in [5.41, 5.74) is 0. The molecule has 0 spiro atoms. The Morgan fingerprint density at radius 1 is 1.58 bits per heavy atom. The molecule has 0 radical (unpaired) electrons. The third-order valence-electron chi connectivity index (χ3n) is 0.976. The molecular formula is C5H2BrNO3S2. The third-order valence-corrected chi connectivity index (χ3v) is 4.79. The standard InChI is InChI=1S/C5H2BrNO3S2/c6-4-1-2-11-5(4)12(9,10)7-3-8/h1-2H. The van der Waals surface area contributed by atoms with Crippen molar-refractivity contribution in [2.75, 3.05) is 0 Å². The van der Waals surface area contributed by atoms with Crippen molar-refractivity contribution in [1.82, 2.24) is 0 Å². The van der Waals surface area contributed by atoms with Gasteiger partial charge in [0.05, 0.1) is 0 Å². The van der Waals surface area contributed by atoms with Crippen molar-refractivity contribution < 1.29 is 13.2 Å². The average Bonchev–Trinajstić information content (AvgIpc) is 2.35. The Labute approximate surface area is 81.1 Å². The van der Waals surface area contributed by atoms with E-state index in [1.165, 1.54) is 0 Å². The number of thiophene rings is 1. The molecule has 0 aromatic carbocycles. The maximum Gasteiger partial charge on any atom is 0.303 e. The highest BCUT2D eigenvalue weighted by Crippen LogP contribution is 2.28. The number of halogens is 1. The van der Waals surface area contributed by atoms with Crippen LogP contribution in [0.4, 0.5) is 0 Å². The number of hydrogen-bond acceptors (Lipinski definition) is 4. The van der Waals surface area contributed by atoms with E-state index in [2.05, 4.69) is 20.3 Å². The Kier molecular flexibility index (Phi) is 2.79. The second kappa shape index (κ2) is 3.49. The van der Waals surface area contributed by atoms with Gasteiger partial charge in [-0.2, -0.15) is 8.42 Å². The Bertz CT molecular complexity index is 429. The Morgan fingerprint density at radius 2 is 2.25 bits per heavy atom. The molecule has 4 nitrogen and oxygen atoms in total. The molecule has 0 fully saturated rings. The van der Waals surface area contributed by atoms with Gasteiger partial charge in [-0.1, -0.05) is 4.40 Å². The Balaban J connectivity index is 3.33. The average molecular weight is 268 g/mol. The highest BCUT2D eigenvalue weighted by atomic mass is 79.9. The van der Waals surface area contributed by atoms with E-state index in [1.54, 1.807) is 11.4 Å². The van der Waals surface area contributed by atoms with Gasteiger partial charge in [0.2, 0.25) is 0 Å². The van der Waals surface area contributed by atoms with Crippen molar-refractivity contribution in [2.45, 2.75) is 4.21 Å². The van der Waals surface area contributed by atoms with Crippen LogP contribution in [-0.2, 0) is 14.8 Å². The number of nitrogens with zero attached hydrogens (tertiary/aromatic N) is 1. The zero-order valence-corrected chi connectivity index (χ0v) is 8.74. The highest BCUT2D eigenvalue weighted by Gasteiger charge is 2.17. The first-order valence-corrected chi connectivity index (χ1v) is 5.76. The van der Waals surface area contributed by atoms with Gasteiger partial charge in [-0.3, -0.25) is 0 Å². The predicted molar refractivity (Wildman–Crippen MR) is 47.3 cm³/mol. The van der Waals surface area contributed by atoms with Gasteiger partial charge < -0.3 is 0 Å². The van der Waals surface area contributed by atoms with Crippen molar-refractivity contribution in [2.24, 2.45) is 4.40 Å². The van der Waals surface area contributed by atoms with Crippen LogP contribution in [-0.4, -0.2) is 14.5 Å². The molecule has 1 heterocycles. The zero-order chi connectivity index (χ0) is 9.19. The van der Waals surface area contributed by atoms with Gasteiger partial charge in [0, 0.05) is 4.47 Å². The lowest BCUT2D eigenvalue weighted by Gasteiger charge is -1.90. The molecule has 0 saturated carbocycles. The summed E-state index contributed by atoms with van der Waals surface area (Å²) in [6, 6.07) is 1.57. The van der Waals surface area contributed by atoms with Crippen LogP contribution in [0.5, 0.6) is 0 Å². The summed E-state index contributed by atoms with van der Waals surface area (Å²) in [5, 5.41) is 1.58. The lowest BCUT2D eigenvalue weighted by atomic mass is 10.7. The van der Waals surface area contributed by atoms with E-state index in [0.29, 0.717) is 4.47 Å². The monoisotopic (exact) mass is 267 g/mol. The molecule has 0 bridgehead atoms. The molecule has 0 N–H and O–H groups in total. The number of sulfonamides is 1. The van der Waals surface area contributed by atoms with Gasteiger partial charge in [0.1, 0.15) is 0 Å². The first-order chi connectivity index (χ1) is 5.58. The Morgan fingerprint density at radius 3 is 2.67 bits per heavy atom. The molecular weight excluding hydrogens is 266 g/mol. The predicted octanol–water partition coefficient (Wildman–Crippen LogP) is 1.54. The van der Waals surface area contributed by atoms with E-state index in [9.17, 15) is 13.2 Å². The molecule has 0 aliphatic heterocycles. The van der Waals surface area contributed by atoms with Crippen molar-refractivity contribution in [3.8, 4) is 0 Å². The molecule has 0 aliphatic rings. The van der Waals surface area contributed by atoms with E-state index in [-0.39, 0.29) is 4.21 Å². The maximum absolute atomic E-state index is 11.1. The van der Waals surface area contributed by atoms with E-state index in [4.69, 9.17) is 0 Å². The molecule has 0 unspecified atom stereocenters. The number of carbonyl (C=O) groups excluding carboxylic acids is 1. The minimum absolute atomic E-state index is 0.0193. The zero-order valence-electron chi connectivity index (χ0n) is 5.52. The number of hydrogen-bond donors (Lipinski definition) is 0. The van der Waals surface area contributed by atoms with Crippen LogP contribution in [0.2, 0.25) is 0 Å². The molecule has 1 aromatic rings. The molecule has 1 rings (SSSR count). The first kappa shape index (κ1) is 9.60. The van der Waals surface area contributed by atoms with Crippen LogP contribution in [0.3, 0.4) is 0 Å². The fraction of sp³-hybridized carbons (Fsp3) is 0. The van der Waals surface area contributed by atoms with Gasteiger partial charge in [0.25, 0.3) is 6.08 Å². The number of rotatable bonds is 2. The summed E-state index contributed by atoms with van der Waals surface area (Å²) in [5.74, 6) is 0. The van der Waals surface area contributed by atoms with Crippen LogP contribution < -0.4 is 0 Å². The van der Waals surface area contributed by atoms with Gasteiger partial charge >= 0.3 is 10.0 Å². The lowest BCUT2D eigenvalue weighted by Crippen LogP contribution is -1.92. The molecule has 0 amide bonds. The topological polar surface area (TPSA) is 63.6 Å². The van der Waals surface area contributed by atoms with Crippen LogP contribution in [0.15, 0.2) is 24.5 Å². The van der Waals surface area contributed by atoms with Gasteiger partial charge in [-0.05, 0) is 27.4 Å². The van der Waals surface area contributed by atoms with Crippen molar-refractivity contribution in [3.05, 3.63) is 15.9 Å². The molecule has 12 heavy (non-hydrogen) atoms. The van der Waals surface area contributed by atoms with Crippen molar-refractivity contribution in [3.63, 3.8) is 0 Å². The fourth-order valence-electron chi connectivity index (χ4n) is 0.554. The molecule has 0 atom stereocenters. The van der Waals surface area contributed by atoms with E-state index < -0.39 is 10.0 Å². The second-order valence-electron chi connectivity index (χ2n) is 1.71. The molecule has 0 aliphatic carbocycles. The summed E-state index contributed by atoms with van der Waals surface area (Å²) >= 11 is 4.00. The van der Waals surface area contributed by atoms with Crippen LogP contribution >= 0.6 is 27.3 Å². The minimum Gasteiger partial charge on any atom is -0.210 e. The van der Waals surface area contributed by atoms with Crippen LogP contribution in [0.1, 0.15) is 0 Å². The van der Waals surface area contributed by atoms with E-state index in [1.807, 2.05) is 0 Å². The van der Waals surface area contributed by atoms with Gasteiger partial charge in [-0.15, -0.1) is 11.3 Å². The quantitative estimate of drug-likeness (QED) is 0.603. The largest absolute Gasteiger partial charge is 0.303 e. The fourth-order valence-corrected chi connectivity index (χ4v) is 3.52. The normalized spacial score (nSPS) is 10.8. The summed E-state index contributed by atoms with van der Waals surface area (Å²) in [7, 11) is -3.82. The summed E-state index contributed by atoms with van der Waals surface area (Å²) in [6.07, 6.45) is 0.996. The summed E-state index contributed by atoms with van der Waals surface area (Å²) in [4.78, 5) is 9.75. The number of isocyanates is 1. The van der Waals surface area contributed by atoms with Crippen molar-refractivity contribution >= 4 is 43.4 Å². The van der Waals surface area contributed by atoms with Crippen molar-refractivity contribution in [1.29, 1.82) is 0 Å². The molecule has 0 saturated heterocycles. The summed E-state index contributed by atoms with van der Waals surface area (Å²) in [6.45, 7) is 0. The minimum atomic E-state index is -3.82. The maximum atomic E-state index is 11.1. The Hall–Kier alpha value is -0.490. The molecule has 1 aromatic heterocycles. The van der Waals surface area contributed by atoms with E-state index >= 15 is 0 Å². The first-order valence-electron chi connectivity index (χ1n) is 2.65. The van der Waals surface area contributed by atoms with E-state index in [0.717, 1.165) is 17.4 Å². The highest BCUT2D eigenvalue weighted by molar-refractivity contribution is 9.10. The molecule has 7 heteroatoms. The summed E-state index contributed by atoms with van der Waals surface area (Å²) < 4.78 is 25.3. The molecule has 64 valence electrons. The van der Waals surface area contributed by atoms with Crippen LogP contribution in [0.25, 0.3) is 0 Å². The van der Waals surface area contributed by atoms with Gasteiger partial charge in [0.15, 0.2) is 4.21 Å². The smallest absolute Gasteiger partial charge is 0.210 e. The second-order valence-corrected chi connectivity index (χ2v) is 5.28. The third kappa shape index (κ3) is 1.81. The lowest BCUT2D eigenvalue weighted by molar-refractivity contribution is 0.563. The van der Waals surface area contributed by atoms with Gasteiger partial charge in [-0.25, -0.2) is 4.79 Å². The van der Waals surface area contributed by atoms with Crippen LogP contribution in [0, 0.1) is 0 Å². The SMILES string of the molecule is O=C=NS(=O)(=O)c1sccc1Br.